The number of rotatable bonds is 7. The number of amides is 1. The first-order valence-electron chi connectivity index (χ1n) is 8.39. The third-order valence-electron chi connectivity index (χ3n) is 4.35. The number of carbonyl (C=O) groups is 1. The molecular formula is C19H28N4O. The van der Waals surface area contributed by atoms with Crippen LogP contribution in [0, 0.1) is 13.8 Å². The van der Waals surface area contributed by atoms with Crippen LogP contribution in [-0.2, 0) is 11.2 Å². The van der Waals surface area contributed by atoms with Crippen LogP contribution in [0.3, 0.4) is 0 Å². The lowest BCUT2D eigenvalue weighted by molar-refractivity contribution is -0.124. The van der Waals surface area contributed by atoms with E-state index in [1.165, 1.54) is 5.56 Å². The zero-order valence-electron chi connectivity index (χ0n) is 15.3. The van der Waals surface area contributed by atoms with Crippen molar-refractivity contribution in [1.29, 1.82) is 0 Å². The molecule has 1 amide bonds. The van der Waals surface area contributed by atoms with Crippen LogP contribution in [0.4, 0.5) is 0 Å². The molecule has 130 valence electrons. The summed E-state index contributed by atoms with van der Waals surface area (Å²) in [7, 11) is 4.09. The van der Waals surface area contributed by atoms with Crippen molar-refractivity contribution in [3.8, 4) is 0 Å². The highest BCUT2D eigenvalue weighted by atomic mass is 16.2. The Labute approximate surface area is 144 Å². The van der Waals surface area contributed by atoms with E-state index in [9.17, 15) is 4.79 Å². The third-order valence-corrected chi connectivity index (χ3v) is 4.35. The molecule has 24 heavy (non-hydrogen) atoms. The topological polar surface area (TPSA) is 50.2 Å². The molecule has 0 fully saturated rings. The maximum Gasteiger partial charge on any atom is 0.244 e. The quantitative estimate of drug-likeness (QED) is 0.849. The number of aromatic nitrogens is 2. The predicted octanol–water partition coefficient (Wildman–Crippen LogP) is 2.35. The van der Waals surface area contributed by atoms with Gasteiger partial charge in [0.2, 0.25) is 5.91 Å². The zero-order valence-corrected chi connectivity index (χ0v) is 15.3. The van der Waals surface area contributed by atoms with Crippen molar-refractivity contribution < 1.29 is 4.79 Å². The van der Waals surface area contributed by atoms with Crippen LogP contribution in [-0.4, -0.2) is 47.3 Å². The predicted molar refractivity (Wildman–Crippen MR) is 97.0 cm³/mol. The number of hydrogen-bond acceptors (Lipinski definition) is 3. The lowest BCUT2D eigenvalue weighted by atomic mass is 10.1. The van der Waals surface area contributed by atoms with Gasteiger partial charge in [-0.3, -0.25) is 9.48 Å². The van der Waals surface area contributed by atoms with Gasteiger partial charge in [-0.1, -0.05) is 30.3 Å². The maximum atomic E-state index is 12.5. The normalized spacial score (nSPS) is 13.8. The minimum atomic E-state index is -0.307. The molecular weight excluding hydrogens is 300 g/mol. The maximum absolute atomic E-state index is 12.5. The van der Waals surface area contributed by atoms with Crippen LogP contribution in [0.25, 0.3) is 0 Å². The Morgan fingerprint density at radius 1 is 1.25 bits per heavy atom. The number of carbonyl (C=O) groups excluding carboxylic acids is 1. The van der Waals surface area contributed by atoms with E-state index in [0.29, 0.717) is 6.54 Å². The van der Waals surface area contributed by atoms with E-state index in [4.69, 9.17) is 0 Å². The van der Waals surface area contributed by atoms with E-state index in [-0.39, 0.29) is 18.0 Å². The molecule has 0 aliphatic heterocycles. The van der Waals surface area contributed by atoms with Gasteiger partial charge in [0, 0.05) is 18.3 Å². The van der Waals surface area contributed by atoms with Gasteiger partial charge in [-0.15, -0.1) is 0 Å². The minimum Gasteiger partial charge on any atom is -0.353 e. The van der Waals surface area contributed by atoms with Gasteiger partial charge < -0.3 is 10.2 Å². The molecule has 0 aliphatic rings. The lowest BCUT2D eigenvalue weighted by Gasteiger charge is -2.25. The second kappa shape index (κ2) is 8.11. The highest BCUT2D eigenvalue weighted by Gasteiger charge is 2.20. The molecule has 5 heteroatoms. The van der Waals surface area contributed by atoms with Crippen LogP contribution in [0.15, 0.2) is 36.4 Å². The van der Waals surface area contributed by atoms with Crippen LogP contribution in [0.2, 0.25) is 0 Å². The average molecular weight is 328 g/mol. The molecule has 2 aromatic rings. The Balaban J connectivity index is 1.96. The standard InChI is InChI=1S/C19H28N4O/c1-14-11-15(2)23(21-14)16(3)19(24)20-13-18(22(4)5)12-17-9-7-6-8-10-17/h6-11,16,18H,12-13H2,1-5H3,(H,20,24)/t16-,18+/m0/s1. The zero-order chi connectivity index (χ0) is 17.7. The first-order chi connectivity index (χ1) is 11.4. The van der Waals surface area contributed by atoms with Crippen molar-refractivity contribution in [1.82, 2.24) is 20.0 Å². The summed E-state index contributed by atoms with van der Waals surface area (Å²) in [6.07, 6.45) is 0.905. The molecule has 2 atom stereocenters. The fourth-order valence-electron chi connectivity index (χ4n) is 2.84. The van der Waals surface area contributed by atoms with Gasteiger partial charge in [-0.25, -0.2) is 0 Å². The first kappa shape index (κ1) is 18.2. The molecule has 2 rings (SSSR count). The lowest BCUT2D eigenvalue weighted by Crippen LogP contribution is -2.43. The molecule has 1 aromatic heterocycles. The molecule has 1 heterocycles. The Kier molecular flexibility index (Phi) is 6.15. The van der Waals surface area contributed by atoms with E-state index in [2.05, 4.69) is 27.4 Å². The third kappa shape index (κ3) is 4.68. The van der Waals surface area contributed by atoms with Gasteiger partial charge in [-0.05, 0) is 52.9 Å². The second-order valence-corrected chi connectivity index (χ2v) is 6.60. The van der Waals surface area contributed by atoms with E-state index < -0.39 is 0 Å². The molecule has 1 N–H and O–H groups in total. The number of likely N-dealkylation sites (N-methyl/N-ethyl adjacent to an activating group) is 1. The fourth-order valence-corrected chi connectivity index (χ4v) is 2.84. The summed E-state index contributed by atoms with van der Waals surface area (Å²) < 4.78 is 1.78. The van der Waals surface area contributed by atoms with Crippen molar-refractivity contribution in [3.05, 3.63) is 53.3 Å². The van der Waals surface area contributed by atoms with Gasteiger partial charge in [0.05, 0.1) is 5.69 Å². The van der Waals surface area contributed by atoms with Crippen LogP contribution >= 0.6 is 0 Å². The number of aryl methyl sites for hydroxylation is 2. The minimum absolute atomic E-state index is 0.00103. The van der Waals surface area contributed by atoms with E-state index >= 15 is 0 Å². The number of nitrogens with one attached hydrogen (secondary N) is 1. The monoisotopic (exact) mass is 328 g/mol. The SMILES string of the molecule is Cc1cc(C)n([C@@H](C)C(=O)NC[C@@H](Cc2ccccc2)N(C)C)n1. The van der Waals surface area contributed by atoms with E-state index in [1.54, 1.807) is 4.68 Å². The van der Waals surface area contributed by atoms with Crippen LogP contribution in [0.5, 0.6) is 0 Å². The largest absolute Gasteiger partial charge is 0.353 e. The molecule has 5 nitrogen and oxygen atoms in total. The summed E-state index contributed by atoms with van der Waals surface area (Å²) in [5, 5.41) is 7.48. The van der Waals surface area contributed by atoms with Crippen LogP contribution in [0.1, 0.15) is 29.9 Å². The Bertz CT molecular complexity index is 663. The molecule has 1 aromatic carbocycles. The van der Waals surface area contributed by atoms with Gasteiger partial charge in [-0.2, -0.15) is 5.10 Å². The first-order valence-corrected chi connectivity index (χ1v) is 8.39. The molecule has 0 aliphatic carbocycles. The fraction of sp³-hybridized carbons (Fsp3) is 0.474. The van der Waals surface area contributed by atoms with Gasteiger partial charge >= 0.3 is 0 Å². The summed E-state index contributed by atoms with van der Waals surface area (Å²) in [6, 6.07) is 12.3. The highest BCUT2D eigenvalue weighted by molar-refractivity contribution is 5.79. The molecule has 0 unspecified atom stereocenters. The highest BCUT2D eigenvalue weighted by Crippen LogP contribution is 2.11. The Morgan fingerprint density at radius 2 is 1.92 bits per heavy atom. The summed E-state index contributed by atoms with van der Waals surface area (Å²) in [4.78, 5) is 14.6. The van der Waals surface area contributed by atoms with Crippen molar-refractivity contribution >= 4 is 5.91 Å². The van der Waals surface area contributed by atoms with Crippen molar-refractivity contribution in [2.45, 2.75) is 39.3 Å². The average Bonchev–Trinajstić information content (AvgIpc) is 2.89. The molecule has 0 saturated heterocycles. The summed E-state index contributed by atoms with van der Waals surface area (Å²) in [6.45, 7) is 6.42. The van der Waals surface area contributed by atoms with E-state index in [0.717, 1.165) is 17.8 Å². The molecule has 0 saturated carbocycles. The van der Waals surface area contributed by atoms with Gasteiger partial charge in [0.25, 0.3) is 0 Å². The van der Waals surface area contributed by atoms with Gasteiger partial charge in [0.1, 0.15) is 6.04 Å². The number of benzene rings is 1. The molecule has 0 spiro atoms. The summed E-state index contributed by atoms with van der Waals surface area (Å²) in [5.41, 5.74) is 3.21. The second-order valence-electron chi connectivity index (χ2n) is 6.60. The van der Waals surface area contributed by atoms with Crippen LogP contribution < -0.4 is 5.32 Å². The number of hydrogen-bond donors (Lipinski definition) is 1. The molecule has 0 bridgehead atoms. The Morgan fingerprint density at radius 3 is 2.46 bits per heavy atom. The number of nitrogens with zero attached hydrogens (tertiary/aromatic N) is 3. The van der Waals surface area contributed by atoms with Crippen molar-refractivity contribution in [2.75, 3.05) is 20.6 Å². The smallest absolute Gasteiger partial charge is 0.244 e. The summed E-state index contributed by atoms with van der Waals surface area (Å²) >= 11 is 0. The van der Waals surface area contributed by atoms with Crippen molar-refractivity contribution in [2.24, 2.45) is 0 Å². The molecule has 0 radical (unpaired) electrons. The van der Waals surface area contributed by atoms with E-state index in [1.807, 2.05) is 59.1 Å². The summed E-state index contributed by atoms with van der Waals surface area (Å²) in [5.74, 6) is 0.00103. The van der Waals surface area contributed by atoms with Gasteiger partial charge in [0.15, 0.2) is 0 Å². The Hall–Kier alpha value is -2.14. The van der Waals surface area contributed by atoms with Crippen molar-refractivity contribution in [3.63, 3.8) is 0 Å².